The monoisotopic (exact) mass is 290 g/mol. The first-order valence-electron chi connectivity index (χ1n) is 8.04. The zero-order valence-electron chi connectivity index (χ0n) is 13.1. The highest BCUT2D eigenvalue weighted by atomic mass is 16.5. The smallest absolute Gasteiger partial charge is 0.161 e. The summed E-state index contributed by atoms with van der Waals surface area (Å²) in [7, 11) is 2.20. The van der Waals surface area contributed by atoms with Gasteiger partial charge in [-0.3, -0.25) is 0 Å². The zero-order valence-corrected chi connectivity index (χ0v) is 13.1. The average Bonchev–Trinajstić information content (AvgIpc) is 2.77. The molecule has 21 heavy (non-hydrogen) atoms. The highest BCUT2D eigenvalue weighted by molar-refractivity contribution is 5.44. The highest BCUT2D eigenvalue weighted by Crippen LogP contribution is 2.32. The molecule has 0 spiro atoms. The normalized spacial score (nSPS) is 23.8. The minimum atomic E-state index is 0.341. The van der Waals surface area contributed by atoms with E-state index in [1.807, 2.05) is 6.07 Å². The molecule has 2 heterocycles. The van der Waals surface area contributed by atoms with E-state index in [2.05, 4.69) is 36.3 Å². The summed E-state index contributed by atoms with van der Waals surface area (Å²) < 4.78 is 11.5. The fourth-order valence-electron chi connectivity index (χ4n) is 3.10. The van der Waals surface area contributed by atoms with Gasteiger partial charge in [-0.25, -0.2) is 0 Å². The zero-order chi connectivity index (χ0) is 14.7. The van der Waals surface area contributed by atoms with Crippen molar-refractivity contribution in [1.29, 1.82) is 0 Å². The summed E-state index contributed by atoms with van der Waals surface area (Å²) in [6.07, 6.45) is 2.25. The first kappa shape index (κ1) is 14.7. The molecule has 2 aliphatic heterocycles. The number of likely N-dealkylation sites (tertiary alicyclic amines) is 1. The second-order valence-electron chi connectivity index (χ2n) is 6.30. The summed E-state index contributed by atoms with van der Waals surface area (Å²) in [5.41, 5.74) is 1.27. The van der Waals surface area contributed by atoms with Crippen LogP contribution >= 0.6 is 0 Å². The summed E-state index contributed by atoms with van der Waals surface area (Å²) in [4.78, 5) is 2.41. The van der Waals surface area contributed by atoms with Gasteiger partial charge in [0.1, 0.15) is 0 Å². The van der Waals surface area contributed by atoms with Crippen molar-refractivity contribution in [3.8, 4) is 11.5 Å². The molecule has 3 rings (SSSR count). The molecule has 1 saturated heterocycles. The quantitative estimate of drug-likeness (QED) is 0.923. The van der Waals surface area contributed by atoms with Gasteiger partial charge in [-0.05, 0) is 57.1 Å². The Morgan fingerprint density at radius 1 is 1.29 bits per heavy atom. The summed E-state index contributed by atoms with van der Waals surface area (Å²) >= 11 is 0. The van der Waals surface area contributed by atoms with E-state index in [0.29, 0.717) is 6.04 Å². The van der Waals surface area contributed by atoms with Gasteiger partial charge in [0.15, 0.2) is 11.5 Å². The van der Waals surface area contributed by atoms with Gasteiger partial charge in [0.25, 0.3) is 0 Å². The molecule has 0 bridgehead atoms. The number of rotatable bonds is 4. The van der Waals surface area contributed by atoms with Gasteiger partial charge in [0, 0.05) is 19.0 Å². The second-order valence-corrected chi connectivity index (χ2v) is 6.30. The first-order valence-corrected chi connectivity index (χ1v) is 8.04. The van der Waals surface area contributed by atoms with E-state index in [1.54, 1.807) is 0 Å². The molecule has 0 saturated carbocycles. The Morgan fingerprint density at radius 3 is 2.86 bits per heavy atom. The van der Waals surface area contributed by atoms with Crippen LogP contribution < -0.4 is 14.8 Å². The standard InChI is InChI=1S/C17H26N2O2/c1-13(18-11-14-6-7-19(2)12-14)15-4-5-16-17(10-15)21-9-3-8-20-16/h4-5,10,13-14,18H,3,6-9,11-12H2,1-2H3. The molecule has 1 aromatic carbocycles. The van der Waals surface area contributed by atoms with Crippen molar-refractivity contribution in [2.24, 2.45) is 5.92 Å². The van der Waals surface area contributed by atoms with Crippen LogP contribution in [0.25, 0.3) is 0 Å². The van der Waals surface area contributed by atoms with Gasteiger partial charge >= 0.3 is 0 Å². The molecule has 116 valence electrons. The number of hydrogen-bond acceptors (Lipinski definition) is 4. The molecule has 0 amide bonds. The molecule has 1 N–H and O–H groups in total. The molecule has 2 aliphatic rings. The first-order chi connectivity index (χ1) is 10.2. The molecule has 0 radical (unpaired) electrons. The van der Waals surface area contributed by atoms with E-state index >= 15 is 0 Å². The van der Waals surface area contributed by atoms with Crippen LogP contribution in [0.4, 0.5) is 0 Å². The van der Waals surface area contributed by atoms with Crippen LogP contribution in [0.15, 0.2) is 18.2 Å². The molecule has 2 atom stereocenters. The minimum absolute atomic E-state index is 0.341. The van der Waals surface area contributed by atoms with Gasteiger partial charge in [0.2, 0.25) is 0 Å². The Bertz CT molecular complexity index is 478. The maximum absolute atomic E-state index is 5.77. The number of nitrogens with zero attached hydrogens (tertiary/aromatic N) is 1. The summed E-state index contributed by atoms with van der Waals surface area (Å²) in [6.45, 7) is 7.23. The topological polar surface area (TPSA) is 33.7 Å². The molecule has 4 nitrogen and oxygen atoms in total. The molecule has 0 aromatic heterocycles. The predicted octanol–water partition coefficient (Wildman–Crippen LogP) is 2.45. The number of nitrogens with one attached hydrogen (secondary N) is 1. The van der Waals surface area contributed by atoms with Gasteiger partial charge in [-0.2, -0.15) is 0 Å². The molecular formula is C17H26N2O2. The SMILES string of the molecule is CC(NCC1CCN(C)C1)c1ccc2c(c1)OCCCO2. The van der Waals surface area contributed by atoms with Crippen LogP contribution in [-0.4, -0.2) is 44.8 Å². The third-order valence-electron chi connectivity index (χ3n) is 4.47. The fraction of sp³-hybridized carbons (Fsp3) is 0.647. The Labute approximate surface area is 127 Å². The van der Waals surface area contributed by atoms with Crippen LogP contribution in [0, 0.1) is 5.92 Å². The van der Waals surface area contributed by atoms with E-state index in [0.717, 1.165) is 43.6 Å². The van der Waals surface area contributed by atoms with Crippen LogP contribution in [-0.2, 0) is 0 Å². The Morgan fingerprint density at radius 2 is 2.10 bits per heavy atom. The maximum atomic E-state index is 5.77. The third kappa shape index (κ3) is 3.69. The number of fused-ring (bicyclic) bond motifs is 1. The molecule has 4 heteroatoms. The maximum Gasteiger partial charge on any atom is 0.161 e. The van der Waals surface area contributed by atoms with E-state index in [-0.39, 0.29) is 0 Å². The van der Waals surface area contributed by atoms with E-state index in [4.69, 9.17) is 9.47 Å². The van der Waals surface area contributed by atoms with Crippen molar-refractivity contribution >= 4 is 0 Å². The molecule has 2 unspecified atom stereocenters. The average molecular weight is 290 g/mol. The lowest BCUT2D eigenvalue weighted by Gasteiger charge is -2.19. The van der Waals surface area contributed by atoms with E-state index in [9.17, 15) is 0 Å². The summed E-state index contributed by atoms with van der Waals surface area (Å²) in [6, 6.07) is 6.65. The van der Waals surface area contributed by atoms with Crippen LogP contribution in [0.5, 0.6) is 11.5 Å². The highest BCUT2D eigenvalue weighted by Gasteiger charge is 2.20. The van der Waals surface area contributed by atoms with Crippen molar-refractivity contribution < 1.29 is 9.47 Å². The second kappa shape index (κ2) is 6.67. The van der Waals surface area contributed by atoms with E-state index in [1.165, 1.54) is 25.1 Å². The van der Waals surface area contributed by atoms with Crippen molar-refractivity contribution in [1.82, 2.24) is 10.2 Å². The third-order valence-corrected chi connectivity index (χ3v) is 4.47. The summed E-state index contributed by atoms with van der Waals surface area (Å²) in [5, 5.41) is 3.66. The lowest BCUT2D eigenvalue weighted by Crippen LogP contribution is -2.27. The Hall–Kier alpha value is -1.26. The molecular weight excluding hydrogens is 264 g/mol. The number of benzene rings is 1. The van der Waals surface area contributed by atoms with Gasteiger partial charge < -0.3 is 19.7 Å². The lowest BCUT2D eigenvalue weighted by molar-refractivity contribution is 0.297. The van der Waals surface area contributed by atoms with Gasteiger partial charge in [-0.15, -0.1) is 0 Å². The van der Waals surface area contributed by atoms with Gasteiger partial charge in [-0.1, -0.05) is 6.07 Å². The van der Waals surface area contributed by atoms with Crippen molar-refractivity contribution in [2.45, 2.75) is 25.8 Å². The lowest BCUT2D eigenvalue weighted by atomic mass is 10.1. The van der Waals surface area contributed by atoms with Crippen molar-refractivity contribution in [2.75, 3.05) is 39.9 Å². The Kier molecular flexibility index (Phi) is 4.66. The summed E-state index contributed by atoms with van der Waals surface area (Å²) in [5.74, 6) is 2.54. The number of ether oxygens (including phenoxy) is 2. The molecule has 1 aromatic rings. The minimum Gasteiger partial charge on any atom is -0.490 e. The van der Waals surface area contributed by atoms with E-state index < -0.39 is 0 Å². The Balaban J connectivity index is 1.59. The van der Waals surface area contributed by atoms with Crippen molar-refractivity contribution in [3.05, 3.63) is 23.8 Å². The van der Waals surface area contributed by atoms with Crippen molar-refractivity contribution in [3.63, 3.8) is 0 Å². The van der Waals surface area contributed by atoms with Gasteiger partial charge in [0.05, 0.1) is 13.2 Å². The fourth-order valence-corrected chi connectivity index (χ4v) is 3.10. The molecule has 0 aliphatic carbocycles. The van der Waals surface area contributed by atoms with Crippen LogP contribution in [0.2, 0.25) is 0 Å². The van der Waals surface area contributed by atoms with Crippen LogP contribution in [0.1, 0.15) is 31.4 Å². The predicted molar refractivity (Wildman–Crippen MR) is 84.1 cm³/mol. The van der Waals surface area contributed by atoms with Crippen LogP contribution in [0.3, 0.4) is 0 Å². The number of hydrogen-bond donors (Lipinski definition) is 1. The molecule has 1 fully saturated rings. The largest absolute Gasteiger partial charge is 0.490 e.